The third-order valence-corrected chi connectivity index (χ3v) is 2.98. The molecule has 0 aliphatic carbocycles. The van der Waals surface area contributed by atoms with Gasteiger partial charge in [0.25, 0.3) is 0 Å². The Bertz CT molecular complexity index is 268. The molecule has 0 aromatic rings. The van der Waals surface area contributed by atoms with Gasteiger partial charge in [-0.15, -0.1) is 0 Å². The van der Waals surface area contributed by atoms with E-state index in [1.807, 2.05) is 0 Å². The van der Waals surface area contributed by atoms with Crippen LogP contribution in [0.3, 0.4) is 0 Å². The number of piperidine rings is 1. The first-order valence-corrected chi connectivity index (χ1v) is 6.28. The van der Waals surface area contributed by atoms with E-state index in [2.05, 4.69) is 17.0 Å². The van der Waals surface area contributed by atoms with E-state index < -0.39 is 0 Å². The number of rotatable bonds is 6. The number of carbonyl (C=O) groups excluding carboxylic acids is 2. The number of carbonyl (C=O) groups is 2. The van der Waals surface area contributed by atoms with Crippen LogP contribution in [-0.4, -0.2) is 49.6 Å². The molecule has 1 fully saturated rings. The third kappa shape index (κ3) is 4.34. The van der Waals surface area contributed by atoms with Crippen molar-refractivity contribution in [1.29, 1.82) is 0 Å². The molecule has 0 spiro atoms. The minimum atomic E-state index is -0.263. The summed E-state index contributed by atoms with van der Waals surface area (Å²) in [5.41, 5.74) is 0. The fourth-order valence-corrected chi connectivity index (χ4v) is 2.00. The molecule has 1 heterocycles. The first-order chi connectivity index (χ1) is 8.19. The summed E-state index contributed by atoms with van der Waals surface area (Å²) in [5, 5.41) is 3.25. The maximum Gasteiger partial charge on any atom is 0.307 e. The summed E-state index contributed by atoms with van der Waals surface area (Å²) in [6, 6.07) is -0.0682. The summed E-state index contributed by atoms with van der Waals surface area (Å²) >= 11 is 0. The molecule has 17 heavy (non-hydrogen) atoms. The monoisotopic (exact) mass is 242 g/mol. The van der Waals surface area contributed by atoms with Crippen LogP contribution in [0.4, 0.5) is 0 Å². The van der Waals surface area contributed by atoms with Gasteiger partial charge < -0.3 is 15.0 Å². The van der Waals surface area contributed by atoms with Gasteiger partial charge in [0, 0.05) is 13.1 Å². The molecule has 5 heteroatoms. The lowest BCUT2D eigenvalue weighted by Gasteiger charge is -2.32. The number of hydrogen-bond donors (Lipinski definition) is 1. The lowest BCUT2D eigenvalue weighted by molar-refractivity contribution is -0.142. The first-order valence-electron chi connectivity index (χ1n) is 6.28. The van der Waals surface area contributed by atoms with Crippen LogP contribution in [0, 0.1) is 0 Å². The maximum atomic E-state index is 12.0. The average molecular weight is 242 g/mol. The molecule has 1 aliphatic heterocycles. The number of likely N-dealkylation sites (tertiary alicyclic amines) is 1. The van der Waals surface area contributed by atoms with E-state index in [1.54, 1.807) is 4.90 Å². The second-order valence-corrected chi connectivity index (χ2v) is 4.30. The highest BCUT2D eigenvalue weighted by Gasteiger charge is 2.27. The summed E-state index contributed by atoms with van der Waals surface area (Å²) in [5.74, 6) is -0.143. The smallest absolute Gasteiger partial charge is 0.307 e. The zero-order valence-electron chi connectivity index (χ0n) is 10.7. The predicted octanol–water partition coefficient (Wildman–Crippen LogP) is 0.540. The van der Waals surface area contributed by atoms with Crippen LogP contribution in [0.2, 0.25) is 0 Å². The zero-order valence-corrected chi connectivity index (χ0v) is 10.7. The van der Waals surface area contributed by atoms with Crippen LogP contribution in [0.25, 0.3) is 0 Å². The summed E-state index contributed by atoms with van der Waals surface area (Å²) < 4.78 is 4.58. The van der Waals surface area contributed by atoms with Crippen LogP contribution >= 0.6 is 0 Å². The summed E-state index contributed by atoms with van der Waals surface area (Å²) in [4.78, 5) is 24.8. The van der Waals surface area contributed by atoms with Crippen molar-refractivity contribution in [1.82, 2.24) is 10.2 Å². The summed E-state index contributed by atoms with van der Waals surface area (Å²) in [7, 11) is 1.37. The van der Waals surface area contributed by atoms with Crippen LogP contribution < -0.4 is 5.32 Å². The highest BCUT2D eigenvalue weighted by molar-refractivity contribution is 5.83. The van der Waals surface area contributed by atoms with Crippen LogP contribution in [0.15, 0.2) is 0 Å². The number of esters is 1. The van der Waals surface area contributed by atoms with Crippen LogP contribution in [0.1, 0.15) is 32.6 Å². The van der Waals surface area contributed by atoms with Crippen molar-refractivity contribution < 1.29 is 14.3 Å². The normalized spacial score (nSPS) is 20.5. The van der Waals surface area contributed by atoms with E-state index >= 15 is 0 Å². The molecule has 1 amide bonds. The number of nitrogens with zero attached hydrogens (tertiary/aromatic N) is 1. The third-order valence-electron chi connectivity index (χ3n) is 2.98. The predicted molar refractivity (Wildman–Crippen MR) is 64.5 cm³/mol. The Morgan fingerprint density at radius 1 is 1.59 bits per heavy atom. The second kappa shape index (κ2) is 7.27. The van der Waals surface area contributed by atoms with Gasteiger partial charge in [0.2, 0.25) is 5.91 Å². The number of methoxy groups -OCH3 is 1. The molecule has 1 N–H and O–H groups in total. The molecular weight excluding hydrogens is 220 g/mol. The molecule has 1 atom stereocenters. The van der Waals surface area contributed by atoms with Crippen LogP contribution in [-0.2, 0) is 14.3 Å². The number of amides is 1. The van der Waals surface area contributed by atoms with E-state index in [4.69, 9.17) is 0 Å². The lowest BCUT2D eigenvalue weighted by Crippen LogP contribution is -2.51. The molecular formula is C12H22N2O3. The highest BCUT2D eigenvalue weighted by Crippen LogP contribution is 2.12. The van der Waals surface area contributed by atoms with Crippen molar-refractivity contribution in [3.63, 3.8) is 0 Å². The Morgan fingerprint density at radius 3 is 3.00 bits per heavy atom. The average Bonchev–Trinajstić information content (AvgIpc) is 2.35. The topological polar surface area (TPSA) is 58.6 Å². The van der Waals surface area contributed by atoms with Gasteiger partial charge >= 0.3 is 5.97 Å². The number of hydrogen-bond acceptors (Lipinski definition) is 4. The Hall–Kier alpha value is -1.10. The Kier molecular flexibility index (Phi) is 5.97. The van der Waals surface area contributed by atoms with Gasteiger partial charge in [-0.05, 0) is 25.8 Å². The van der Waals surface area contributed by atoms with Gasteiger partial charge in [0.05, 0.1) is 19.6 Å². The van der Waals surface area contributed by atoms with Gasteiger partial charge in [-0.3, -0.25) is 9.59 Å². The molecule has 1 aliphatic rings. The Morgan fingerprint density at radius 2 is 2.35 bits per heavy atom. The van der Waals surface area contributed by atoms with Crippen molar-refractivity contribution in [3.05, 3.63) is 0 Å². The first kappa shape index (κ1) is 14.0. The molecule has 0 bridgehead atoms. The SMILES string of the molecule is CCCNC1CCCN(CCC(=O)OC)C1=O. The van der Waals surface area contributed by atoms with Crippen molar-refractivity contribution in [2.45, 2.75) is 38.6 Å². The van der Waals surface area contributed by atoms with E-state index in [1.165, 1.54) is 7.11 Å². The van der Waals surface area contributed by atoms with Crippen molar-refractivity contribution in [2.24, 2.45) is 0 Å². The van der Waals surface area contributed by atoms with Gasteiger partial charge in [-0.1, -0.05) is 6.92 Å². The Balaban J connectivity index is 2.39. The molecule has 1 rings (SSSR count). The molecule has 5 nitrogen and oxygen atoms in total. The maximum absolute atomic E-state index is 12.0. The minimum absolute atomic E-state index is 0.0682. The zero-order chi connectivity index (χ0) is 12.7. The van der Waals surface area contributed by atoms with Crippen molar-refractivity contribution >= 4 is 11.9 Å². The van der Waals surface area contributed by atoms with E-state index in [9.17, 15) is 9.59 Å². The molecule has 0 aromatic heterocycles. The molecule has 0 radical (unpaired) electrons. The standard InChI is InChI=1S/C12H22N2O3/c1-3-7-13-10-5-4-8-14(12(10)16)9-6-11(15)17-2/h10,13H,3-9H2,1-2H3. The molecule has 0 saturated carbocycles. The summed E-state index contributed by atoms with van der Waals surface area (Å²) in [6.45, 7) is 4.16. The lowest BCUT2D eigenvalue weighted by atomic mass is 10.0. The molecule has 98 valence electrons. The largest absolute Gasteiger partial charge is 0.469 e. The van der Waals surface area contributed by atoms with Gasteiger partial charge in [0.1, 0.15) is 0 Å². The molecule has 0 aromatic carbocycles. The van der Waals surface area contributed by atoms with Crippen molar-refractivity contribution in [3.8, 4) is 0 Å². The highest BCUT2D eigenvalue weighted by atomic mass is 16.5. The van der Waals surface area contributed by atoms with Crippen molar-refractivity contribution in [2.75, 3.05) is 26.7 Å². The fourth-order valence-electron chi connectivity index (χ4n) is 2.00. The molecule has 1 saturated heterocycles. The Labute approximate surface area is 102 Å². The van der Waals surface area contributed by atoms with Gasteiger partial charge in [-0.2, -0.15) is 0 Å². The van der Waals surface area contributed by atoms with E-state index in [-0.39, 0.29) is 24.3 Å². The van der Waals surface area contributed by atoms with Crippen LogP contribution in [0.5, 0.6) is 0 Å². The number of ether oxygens (including phenoxy) is 1. The number of nitrogens with one attached hydrogen (secondary N) is 1. The van der Waals surface area contributed by atoms with E-state index in [0.29, 0.717) is 6.54 Å². The minimum Gasteiger partial charge on any atom is -0.469 e. The van der Waals surface area contributed by atoms with Gasteiger partial charge in [-0.25, -0.2) is 0 Å². The van der Waals surface area contributed by atoms with E-state index in [0.717, 1.165) is 32.4 Å². The quantitative estimate of drug-likeness (QED) is 0.691. The fraction of sp³-hybridized carbons (Fsp3) is 0.833. The summed E-state index contributed by atoms with van der Waals surface area (Å²) in [6.07, 6.45) is 3.19. The molecule has 1 unspecified atom stereocenters. The second-order valence-electron chi connectivity index (χ2n) is 4.30. The van der Waals surface area contributed by atoms with Gasteiger partial charge in [0.15, 0.2) is 0 Å².